The first kappa shape index (κ1) is 16.2. The van der Waals surface area contributed by atoms with E-state index in [0.29, 0.717) is 16.4 Å². The molecule has 2 rings (SSSR count). The van der Waals surface area contributed by atoms with Crippen LogP contribution in [0.4, 0.5) is 11.4 Å². The van der Waals surface area contributed by atoms with Gasteiger partial charge in [0.05, 0.1) is 11.4 Å². The quantitative estimate of drug-likeness (QED) is 0.841. The van der Waals surface area contributed by atoms with Gasteiger partial charge in [0.1, 0.15) is 5.75 Å². The third-order valence-corrected chi connectivity index (χ3v) is 3.77. The molecule has 5 heteroatoms. The fourth-order valence-electron chi connectivity index (χ4n) is 2.16. The Hall–Kier alpha value is -2.20. The first-order valence-corrected chi connectivity index (χ1v) is 7.30. The highest BCUT2D eigenvalue weighted by Crippen LogP contribution is 2.27. The average molecular weight is 319 g/mol. The summed E-state index contributed by atoms with van der Waals surface area (Å²) in [6.07, 6.45) is 0. The fraction of sp³-hybridized carbons (Fsp3) is 0.235. The van der Waals surface area contributed by atoms with E-state index in [9.17, 15) is 4.79 Å². The zero-order chi connectivity index (χ0) is 16.3. The molecule has 0 spiro atoms. The zero-order valence-corrected chi connectivity index (χ0v) is 13.6. The van der Waals surface area contributed by atoms with Crippen LogP contribution in [0.2, 0.25) is 5.02 Å². The summed E-state index contributed by atoms with van der Waals surface area (Å²) in [6.45, 7) is 5.65. The minimum Gasteiger partial charge on any atom is -0.483 e. The molecular formula is C17H19ClN2O2. The van der Waals surface area contributed by atoms with Gasteiger partial charge < -0.3 is 15.8 Å². The third-order valence-electron chi connectivity index (χ3n) is 3.36. The van der Waals surface area contributed by atoms with Crippen molar-refractivity contribution < 1.29 is 9.53 Å². The molecule has 0 aromatic heterocycles. The Morgan fingerprint density at radius 1 is 1.18 bits per heavy atom. The van der Waals surface area contributed by atoms with Gasteiger partial charge in [-0.1, -0.05) is 29.8 Å². The van der Waals surface area contributed by atoms with Crippen molar-refractivity contribution in [3.05, 3.63) is 52.0 Å². The number of nitrogens with one attached hydrogen (secondary N) is 1. The molecule has 0 heterocycles. The van der Waals surface area contributed by atoms with Crippen LogP contribution in [0.1, 0.15) is 16.7 Å². The highest BCUT2D eigenvalue weighted by molar-refractivity contribution is 6.31. The molecule has 0 saturated carbocycles. The maximum Gasteiger partial charge on any atom is 0.262 e. The second-order valence-electron chi connectivity index (χ2n) is 5.25. The lowest BCUT2D eigenvalue weighted by molar-refractivity contribution is -0.118. The van der Waals surface area contributed by atoms with Crippen molar-refractivity contribution in [2.75, 3.05) is 17.7 Å². The number of nitrogen functional groups attached to an aromatic ring is 1. The topological polar surface area (TPSA) is 64.3 Å². The second-order valence-corrected chi connectivity index (χ2v) is 5.65. The van der Waals surface area contributed by atoms with Crippen molar-refractivity contribution in [2.45, 2.75) is 20.8 Å². The standard InChI is InChI=1S/C17H19ClN2O2/c1-10-5-4-6-11(2)17(10)22-9-16(21)20-15-8-13(18)12(3)7-14(15)19/h4-8H,9,19H2,1-3H3,(H,20,21). The lowest BCUT2D eigenvalue weighted by atomic mass is 10.1. The predicted octanol–water partition coefficient (Wildman–Crippen LogP) is 3.86. The van der Waals surface area contributed by atoms with E-state index < -0.39 is 0 Å². The smallest absolute Gasteiger partial charge is 0.262 e. The fourth-order valence-corrected chi connectivity index (χ4v) is 2.33. The van der Waals surface area contributed by atoms with E-state index in [-0.39, 0.29) is 12.5 Å². The number of hydrogen-bond donors (Lipinski definition) is 2. The Balaban J connectivity index is 2.04. The molecule has 22 heavy (non-hydrogen) atoms. The third kappa shape index (κ3) is 3.71. The molecule has 0 aliphatic carbocycles. The molecular weight excluding hydrogens is 300 g/mol. The van der Waals surface area contributed by atoms with Crippen molar-refractivity contribution >= 4 is 28.9 Å². The summed E-state index contributed by atoms with van der Waals surface area (Å²) < 4.78 is 5.61. The number of para-hydroxylation sites is 1. The number of nitrogens with two attached hydrogens (primary N) is 1. The van der Waals surface area contributed by atoms with Gasteiger partial charge in [0.25, 0.3) is 5.91 Å². The van der Waals surface area contributed by atoms with Gasteiger partial charge in [-0.15, -0.1) is 0 Å². The molecule has 0 fully saturated rings. The number of rotatable bonds is 4. The van der Waals surface area contributed by atoms with Gasteiger partial charge in [0.15, 0.2) is 6.61 Å². The highest BCUT2D eigenvalue weighted by Gasteiger charge is 2.10. The highest BCUT2D eigenvalue weighted by atomic mass is 35.5. The number of amides is 1. The van der Waals surface area contributed by atoms with Gasteiger partial charge in [-0.2, -0.15) is 0 Å². The number of aryl methyl sites for hydroxylation is 3. The zero-order valence-electron chi connectivity index (χ0n) is 12.9. The largest absolute Gasteiger partial charge is 0.483 e. The van der Waals surface area contributed by atoms with Crippen LogP contribution >= 0.6 is 11.6 Å². The van der Waals surface area contributed by atoms with E-state index in [0.717, 1.165) is 22.4 Å². The Morgan fingerprint density at radius 3 is 2.45 bits per heavy atom. The molecule has 0 bridgehead atoms. The molecule has 2 aromatic rings. The molecule has 1 amide bonds. The minimum atomic E-state index is -0.283. The first-order chi connectivity index (χ1) is 10.4. The molecule has 0 radical (unpaired) electrons. The second kappa shape index (κ2) is 6.71. The van der Waals surface area contributed by atoms with Crippen LogP contribution in [0.25, 0.3) is 0 Å². The van der Waals surface area contributed by atoms with E-state index in [4.69, 9.17) is 22.1 Å². The van der Waals surface area contributed by atoms with Gasteiger partial charge in [-0.3, -0.25) is 4.79 Å². The summed E-state index contributed by atoms with van der Waals surface area (Å²) in [5, 5.41) is 3.27. The predicted molar refractivity (Wildman–Crippen MR) is 90.6 cm³/mol. The molecule has 0 atom stereocenters. The van der Waals surface area contributed by atoms with E-state index in [1.165, 1.54) is 0 Å². The van der Waals surface area contributed by atoms with E-state index >= 15 is 0 Å². The Labute approximate surface area is 135 Å². The Bertz CT molecular complexity index is 694. The molecule has 116 valence electrons. The molecule has 0 aliphatic rings. The summed E-state index contributed by atoms with van der Waals surface area (Å²) in [7, 11) is 0. The van der Waals surface area contributed by atoms with E-state index in [1.54, 1.807) is 12.1 Å². The van der Waals surface area contributed by atoms with E-state index in [2.05, 4.69) is 5.32 Å². The molecule has 0 aliphatic heterocycles. The van der Waals surface area contributed by atoms with E-state index in [1.807, 2.05) is 39.0 Å². The number of carbonyl (C=O) groups excluding carboxylic acids is 1. The summed E-state index contributed by atoms with van der Waals surface area (Å²) in [4.78, 5) is 12.0. The number of hydrogen-bond acceptors (Lipinski definition) is 3. The number of ether oxygens (including phenoxy) is 1. The number of halogens is 1. The molecule has 3 N–H and O–H groups in total. The summed E-state index contributed by atoms with van der Waals surface area (Å²) in [5.41, 5.74) is 9.69. The van der Waals surface area contributed by atoms with Crippen LogP contribution in [-0.4, -0.2) is 12.5 Å². The average Bonchev–Trinajstić information content (AvgIpc) is 2.44. The van der Waals surface area contributed by atoms with Gasteiger partial charge in [-0.25, -0.2) is 0 Å². The molecule has 0 saturated heterocycles. The van der Waals surface area contributed by atoms with Crippen molar-refractivity contribution in [1.29, 1.82) is 0 Å². The lowest BCUT2D eigenvalue weighted by Gasteiger charge is -2.13. The van der Waals surface area contributed by atoms with Gasteiger partial charge in [0, 0.05) is 5.02 Å². The summed E-state index contributed by atoms with van der Waals surface area (Å²) in [6, 6.07) is 9.20. The molecule has 4 nitrogen and oxygen atoms in total. The molecule has 2 aromatic carbocycles. The van der Waals surface area contributed by atoms with Crippen LogP contribution in [0.5, 0.6) is 5.75 Å². The maximum absolute atomic E-state index is 12.0. The number of anilines is 2. The van der Waals surface area contributed by atoms with Crippen molar-refractivity contribution in [2.24, 2.45) is 0 Å². The van der Waals surface area contributed by atoms with Crippen LogP contribution in [0, 0.1) is 20.8 Å². The Kier molecular flexibility index (Phi) is 4.93. The first-order valence-electron chi connectivity index (χ1n) is 6.93. The number of carbonyl (C=O) groups is 1. The van der Waals surface area contributed by atoms with Gasteiger partial charge in [0.2, 0.25) is 0 Å². The normalized spacial score (nSPS) is 10.4. The number of benzene rings is 2. The lowest BCUT2D eigenvalue weighted by Crippen LogP contribution is -2.21. The molecule has 0 unspecified atom stereocenters. The van der Waals surface area contributed by atoms with Gasteiger partial charge >= 0.3 is 0 Å². The monoisotopic (exact) mass is 318 g/mol. The van der Waals surface area contributed by atoms with Crippen molar-refractivity contribution in [3.8, 4) is 5.75 Å². The van der Waals surface area contributed by atoms with Crippen LogP contribution in [-0.2, 0) is 4.79 Å². The van der Waals surface area contributed by atoms with Crippen LogP contribution < -0.4 is 15.8 Å². The van der Waals surface area contributed by atoms with Gasteiger partial charge in [-0.05, 0) is 49.6 Å². The maximum atomic E-state index is 12.0. The van der Waals surface area contributed by atoms with Crippen LogP contribution in [0.15, 0.2) is 30.3 Å². The SMILES string of the molecule is Cc1cc(N)c(NC(=O)COc2c(C)cccc2C)cc1Cl. The minimum absolute atomic E-state index is 0.0867. The summed E-state index contributed by atoms with van der Waals surface area (Å²) >= 11 is 6.05. The van der Waals surface area contributed by atoms with Crippen molar-refractivity contribution in [3.63, 3.8) is 0 Å². The van der Waals surface area contributed by atoms with Crippen LogP contribution in [0.3, 0.4) is 0 Å². The summed E-state index contributed by atoms with van der Waals surface area (Å²) in [5.74, 6) is 0.446. The van der Waals surface area contributed by atoms with Crippen molar-refractivity contribution in [1.82, 2.24) is 0 Å². The Morgan fingerprint density at radius 2 is 1.82 bits per heavy atom.